The molecular formula is C16H30N2O. The minimum Gasteiger partial charge on any atom is -0.469 e. The van der Waals surface area contributed by atoms with E-state index in [9.17, 15) is 0 Å². The lowest BCUT2D eigenvalue weighted by atomic mass is 10.1. The van der Waals surface area contributed by atoms with Crippen molar-refractivity contribution in [2.75, 3.05) is 13.1 Å². The van der Waals surface area contributed by atoms with Crippen LogP contribution in [0.25, 0.3) is 0 Å². The standard InChI is InChI=1S/C16H30N2O/c1-13(2)18(14(3)4)11-10-17-15(5)8-9-16-7-6-12-19-16/h6-7,12-15,17H,8-11H2,1-5H3. The summed E-state index contributed by atoms with van der Waals surface area (Å²) in [5, 5.41) is 3.60. The lowest BCUT2D eigenvalue weighted by molar-refractivity contribution is 0.174. The number of nitrogens with zero attached hydrogens (tertiary/aromatic N) is 1. The maximum absolute atomic E-state index is 5.35. The molecular weight excluding hydrogens is 236 g/mol. The molecule has 1 unspecified atom stereocenters. The van der Waals surface area contributed by atoms with Crippen LogP contribution in [0.15, 0.2) is 22.8 Å². The number of hydrogen-bond acceptors (Lipinski definition) is 3. The van der Waals surface area contributed by atoms with Crippen LogP contribution in [-0.2, 0) is 6.42 Å². The van der Waals surface area contributed by atoms with Gasteiger partial charge in [-0.2, -0.15) is 0 Å². The van der Waals surface area contributed by atoms with Crippen LogP contribution < -0.4 is 5.32 Å². The summed E-state index contributed by atoms with van der Waals surface area (Å²) < 4.78 is 5.35. The topological polar surface area (TPSA) is 28.4 Å². The van der Waals surface area contributed by atoms with E-state index < -0.39 is 0 Å². The molecule has 0 fully saturated rings. The van der Waals surface area contributed by atoms with E-state index in [-0.39, 0.29) is 0 Å². The molecule has 0 amide bonds. The van der Waals surface area contributed by atoms with Crippen LogP contribution >= 0.6 is 0 Å². The van der Waals surface area contributed by atoms with Gasteiger partial charge < -0.3 is 9.73 Å². The highest BCUT2D eigenvalue weighted by Crippen LogP contribution is 2.06. The van der Waals surface area contributed by atoms with Gasteiger partial charge in [0.1, 0.15) is 5.76 Å². The van der Waals surface area contributed by atoms with E-state index in [0.29, 0.717) is 18.1 Å². The van der Waals surface area contributed by atoms with Crippen LogP contribution in [0.3, 0.4) is 0 Å². The predicted molar refractivity (Wildman–Crippen MR) is 81.5 cm³/mol. The Kier molecular flexibility index (Phi) is 7.17. The molecule has 1 rings (SSSR count). The van der Waals surface area contributed by atoms with E-state index in [2.05, 4.69) is 44.8 Å². The number of hydrogen-bond donors (Lipinski definition) is 1. The van der Waals surface area contributed by atoms with E-state index in [4.69, 9.17) is 4.42 Å². The zero-order valence-electron chi connectivity index (χ0n) is 13.1. The summed E-state index contributed by atoms with van der Waals surface area (Å²) in [4.78, 5) is 2.52. The van der Waals surface area contributed by atoms with Gasteiger partial charge in [-0.15, -0.1) is 0 Å². The molecule has 19 heavy (non-hydrogen) atoms. The Morgan fingerprint density at radius 2 is 1.84 bits per heavy atom. The van der Waals surface area contributed by atoms with Gasteiger partial charge in [0, 0.05) is 37.6 Å². The molecule has 1 aromatic rings. The molecule has 1 N–H and O–H groups in total. The van der Waals surface area contributed by atoms with Crippen LogP contribution in [0.2, 0.25) is 0 Å². The Morgan fingerprint density at radius 1 is 1.16 bits per heavy atom. The molecule has 0 saturated carbocycles. The molecule has 0 bridgehead atoms. The van der Waals surface area contributed by atoms with Gasteiger partial charge in [-0.25, -0.2) is 0 Å². The highest BCUT2D eigenvalue weighted by atomic mass is 16.3. The fourth-order valence-corrected chi connectivity index (χ4v) is 2.47. The summed E-state index contributed by atoms with van der Waals surface area (Å²) in [5.41, 5.74) is 0. The van der Waals surface area contributed by atoms with Crippen LogP contribution in [0, 0.1) is 0 Å². The molecule has 3 nitrogen and oxygen atoms in total. The SMILES string of the molecule is CC(CCc1ccco1)NCCN(C(C)C)C(C)C. The van der Waals surface area contributed by atoms with Gasteiger partial charge in [0.25, 0.3) is 0 Å². The van der Waals surface area contributed by atoms with Crippen molar-refractivity contribution in [3.05, 3.63) is 24.2 Å². The van der Waals surface area contributed by atoms with Gasteiger partial charge in [0.15, 0.2) is 0 Å². The Bertz CT molecular complexity index is 311. The van der Waals surface area contributed by atoms with Gasteiger partial charge >= 0.3 is 0 Å². The van der Waals surface area contributed by atoms with Crippen molar-refractivity contribution in [3.8, 4) is 0 Å². The smallest absolute Gasteiger partial charge is 0.103 e. The second-order valence-corrected chi connectivity index (χ2v) is 5.90. The van der Waals surface area contributed by atoms with Crippen LogP contribution in [-0.4, -0.2) is 36.1 Å². The van der Waals surface area contributed by atoms with E-state index in [0.717, 1.165) is 31.7 Å². The molecule has 110 valence electrons. The van der Waals surface area contributed by atoms with E-state index in [1.807, 2.05) is 12.1 Å². The average Bonchev–Trinajstić information content (AvgIpc) is 2.84. The van der Waals surface area contributed by atoms with Crippen LogP contribution in [0.5, 0.6) is 0 Å². The van der Waals surface area contributed by atoms with Crippen molar-refractivity contribution in [1.82, 2.24) is 10.2 Å². The molecule has 1 aromatic heterocycles. The summed E-state index contributed by atoms with van der Waals surface area (Å²) in [6, 6.07) is 5.76. The van der Waals surface area contributed by atoms with E-state index in [1.165, 1.54) is 0 Å². The molecule has 0 aliphatic carbocycles. The average molecular weight is 266 g/mol. The largest absolute Gasteiger partial charge is 0.469 e. The Hall–Kier alpha value is -0.800. The monoisotopic (exact) mass is 266 g/mol. The third kappa shape index (κ3) is 6.26. The lowest BCUT2D eigenvalue weighted by Crippen LogP contribution is -2.43. The Labute approximate surface area is 118 Å². The molecule has 0 aliphatic heterocycles. The molecule has 1 heterocycles. The van der Waals surface area contributed by atoms with Crippen molar-refractivity contribution >= 4 is 0 Å². The quantitative estimate of drug-likeness (QED) is 0.743. The number of aryl methyl sites for hydroxylation is 1. The summed E-state index contributed by atoms with van der Waals surface area (Å²) in [7, 11) is 0. The predicted octanol–water partition coefficient (Wildman–Crippen LogP) is 3.31. The van der Waals surface area contributed by atoms with Crippen molar-refractivity contribution in [2.24, 2.45) is 0 Å². The maximum atomic E-state index is 5.35. The Morgan fingerprint density at radius 3 is 2.37 bits per heavy atom. The maximum Gasteiger partial charge on any atom is 0.103 e. The van der Waals surface area contributed by atoms with Gasteiger partial charge in [-0.3, -0.25) is 4.90 Å². The number of rotatable bonds is 9. The van der Waals surface area contributed by atoms with E-state index in [1.54, 1.807) is 6.26 Å². The van der Waals surface area contributed by atoms with Crippen molar-refractivity contribution in [2.45, 2.75) is 65.6 Å². The van der Waals surface area contributed by atoms with Crippen molar-refractivity contribution in [1.29, 1.82) is 0 Å². The molecule has 0 radical (unpaired) electrons. The van der Waals surface area contributed by atoms with Gasteiger partial charge in [-0.1, -0.05) is 0 Å². The highest BCUT2D eigenvalue weighted by molar-refractivity contribution is 4.98. The first-order valence-corrected chi connectivity index (χ1v) is 7.52. The summed E-state index contributed by atoms with van der Waals surface area (Å²) in [6.07, 6.45) is 3.88. The molecule has 1 atom stereocenters. The fraction of sp³-hybridized carbons (Fsp3) is 0.750. The minimum absolute atomic E-state index is 0.534. The highest BCUT2D eigenvalue weighted by Gasteiger charge is 2.13. The van der Waals surface area contributed by atoms with Gasteiger partial charge in [0.05, 0.1) is 6.26 Å². The third-order valence-electron chi connectivity index (χ3n) is 3.59. The molecule has 0 saturated heterocycles. The molecule has 0 aromatic carbocycles. The molecule has 0 spiro atoms. The van der Waals surface area contributed by atoms with E-state index >= 15 is 0 Å². The van der Waals surface area contributed by atoms with Crippen LogP contribution in [0.1, 0.15) is 46.8 Å². The van der Waals surface area contributed by atoms with Crippen LogP contribution in [0.4, 0.5) is 0 Å². The Balaban J connectivity index is 2.17. The first-order valence-electron chi connectivity index (χ1n) is 7.52. The first-order chi connectivity index (χ1) is 9.00. The van der Waals surface area contributed by atoms with Gasteiger partial charge in [0.2, 0.25) is 0 Å². The zero-order valence-corrected chi connectivity index (χ0v) is 13.1. The molecule has 0 aliphatic rings. The second-order valence-electron chi connectivity index (χ2n) is 5.90. The summed E-state index contributed by atoms with van der Waals surface area (Å²) in [6.45, 7) is 13.5. The fourth-order valence-electron chi connectivity index (χ4n) is 2.47. The second kappa shape index (κ2) is 8.39. The third-order valence-corrected chi connectivity index (χ3v) is 3.59. The van der Waals surface area contributed by atoms with Gasteiger partial charge in [-0.05, 0) is 53.2 Å². The minimum atomic E-state index is 0.534. The van der Waals surface area contributed by atoms with Crippen molar-refractivity contribution in [3.63, 3.8) is 0 Å². The first kappa shape index (κ1) is 16.3. The van der Waals surface area contributed by atoms with Crippen molar-refractivity contribution < 1.29 is 4.42 Å². The summed E-state index contributed by atoms with van der Waals surface area (Å²) in [5.74, 6) is 1.08. The number of furan rings is 1. The molecule has 3 heteroatoms. The summed E-state index contributed by atoms with van der Waals surface area (Å²) >= 11 is 0. The normalized spacial score (nSPS) is 13.7. The zero-order chi connectivity index (χ0) is 14.3. The number of nitrogens with one attached hydrogen (secondary N) is 1. The lowest BCUT2D eigenvalue weighted by Gasteiger charge is -2.31.